The highest BCUT2D eigenvalue weighted by Gasteiger charge is 2.47. The highest BCUT2D eigenvalue weighted by Crippen LogP contribution is 2.45. The lowest BCUT2D eigenvalue weighted by Crippen LogP contribution is -2.29. The van der Waals surface area contributed by atoms with E-state index >= 15 is 0 Å². The topological polar surface area (TPSA) is 120 Å². The molecule has 1 saturated heterocycles. The minimum absolute atomic E-state index is 0.101. The van der Waals surface area contributed by atoms with Crippen LogP contribution >= 0.6 is 0 Å². The lowest BCUT2D eigenvalue weighted by Gasteiger charge is -2.26. The molecule has 8 nitrogen and oxygen atoms in total. The van der Waals surface area contributed by atoms with Crippen molar-refractivity contribution in [3.8, 4) is 23.3 Å². The van der Waals surface area contributed by atoms with Crippen molar-refractivity contribution in [2.45, 2.75) is 19.9 Å². The first-order valence-corrected chi connectivity index (χ1v) is 11.2. The third kappa shape index (κ3) is 4.23. The van der Waals surface area contributed by atoms with Gasteiger partial charge in [-0.05, 0) is 67.9 Å². The number of carbonyl (C=O) groups excluding carboxylic acids is 2. The van der Waals surface area contributed by atoms with E-state index in [0.29, 0.717) is 22.6 Å². The molecule has 1 atom stereocenters. The number of aryl methyl sites for hydroxylation is 1. The number of phenols is 1. The summed E-state index contributed by atoms with van der Waals surface area (Å²) >= 11 is 0. The molecule has 3 aromatic rings. The summed E-state index contributed by atoms with van der Waals surface area (Å²) in [5.41, 5.74) is 2.14. The maximum atomic E-state index is 13.4. The van der Waals surface area contributed by atoms with Crippen molar-refractivity contribution in [1.82, 2.24) is 0 Å². The van der Waals surface area contributed by atoms with E-state index < -0.39 is 17.7 Å². The molecule has 1 amide bonds. The molecule has 8 heteroatoms. The number of aliphatic hydroxyl groups is 1. The van der Waals surface area contributed by atoms with Gasteiger partial charge < -0.3 is 19.7 Å². The predicted molar refractivity (Wildman–Crippen MR) is 133 cm³/mol. The first kappa shape index (κ1) is 24.4. The third-order valence-electron chi connectivity index (χ3n) is 5.93. The summed E-state index contributed by atoms with van der Waals surface area (Å²) in [7, 11) is 1.45. The maximum absolute atomic E-state index is 13.4. The molecule has 36 heavy (non-hydrogen) atoms. The molecule has 1 heterocycles. The van der Waals surface area contributed by atoms with Gasteiger partial charge in [-0.2, -0.15) is 5.26 Å². The second-order valence-corrected chi connectivity index (χ2v) is 8.19. The van der Waals surface area contributed by atoms with E-state index in [9.17, 15) is 19.8 Å². The average molecular weight is 485 g/mol. The molecular formula is C28H24N2O6. The quantitative estimate of drug-likeness (QED) is 0.298. The van der Waals surface area contributed by atoms with Gasteiger partial charge in [-0.3, -0.25) is 14.5 Å². The fourth-order valence-electron chi connectivity index (χ4n) is 4.23. The minimum Gasteiger partial charge on any atom is -0.507 e. The van der Waals surface area contributed by atoms with Crippen molar-refractivity contribution >= 4 is 23.1 Å². The first-order valence-electron chi connectivity index (χ1n) is 11.2. The maximum Gasteiger partial charge on any atom is 0.300 e. The van der Waals surface area contributed by atoms with Gasteiger partial charge in [-0.25, -0.2) is 0 Å². The molecule has 0 spiro atoms. The van der Waals surface area contributed by atoms with E-state index in [0.717, 1.165) is 5.56 Å². The number of aromatic hydroxyl groups is 1. The van der Waals surface area contributed by atoms with E-state index in [4.69, 9.17) is 14.7 Å². The predicted octanol–water partition coefficient (Wildman–Crippen LogP) is 4.61. The molecule has 2 N–H and O–H groups in total. The summed E-state index contributed by atoms with van der Waals surface area (Å²) in [5.74, 6) is -1.70. The summed E-state index contributed by atoms with van der Waals surface area (Å²) in [5, 5.41) is 30.8. The number of anilines is 1. The zero-order valence-corrected chi connectivity index (χ0v) is 20.0. The molecule has 4 rings (SSSR count). The monoisotopic (exact) mass is 484 g/mol. The zero-order valence-electron chi connectivity index (χ0n) is 20.0. The fraction of sp³-hybridized carbons (Fsp3) is 0.179. The minimum atomic E-state index is -1.04. The van der Waals surface area contributed by atoms with Crippen molar-refractivity contribution in [3.63, 3.8) is 0 Å². The molecule has 0 aromatic heterocycles. The summed E-state index contributed by atoms with van der Waals surface area (Å²) in [6, 6.07) is 16.8. The van der Waals surface area contributed by atoms with Crippen LogP contribution in [-0.2, 0) is 9.59 Å². The van der Waals surface area contributed by atoms with Gasteiger partial charge in [0, 0.05) is 5.69 Å². The number of phenolic OH excluding ortho intramolecular Hbond substituents is 1. The van der Waals surface area contributed by atoms with Gasteiger partial charge in [0.05, 0.1) is 42.5 Å². The Balaban J connectivity index is 1.99. The van der Waals surface area contributed by atoms with Crippen molar-refractivity contribution < 1.29 is 29.3 Å². The summed E-state index contributed by atoms with van der Waals surface area (Å²) in [6.07, 6.45) is 0. The van der Waals surface area contributed by atoms with Crippen LogP contribution in [0.25, 0.3) is 5.76 Å². The first-order chi connectivity index (χ1) is 17.3. The van der Waals surface area contributed by atoms with Crippen molar-refractivity contribution in [3.05, 3.63) is 88.5 Å². The molecular weight excluding hydrogens is 460 g/mol. The zero-order chi connectivity index (χ0) is 26.0. The standard InChI is InChI=1S/C28H24N2O6/c1-4-36-23-14-18(8-11-21(23)31)25-24(26(32)20-13-16(2)5-12-22(20)35-3)27(33)28(34)30(25)19-9-6-17(15-29)7-10-19/h5-14,25,31-32H,4H2,1-3H3/b26-24+. The Kier molecular flexibility index (Phi) is 6.66. The van der Waals surface area contributed by atoms with Gasteiger partial charge in [0.2, 0.25) is 0 Å². The summed E-state index contributed by atoms with van der Waals surface area (Å²) in [6.45, 7) is 3.88. The molecule has 1 unspecified atom stereocenters. The Morgan fingerprint density at radius 2 is 1.78 bits per heavy atom. The van der Waals surface area contributed by atoms with Crippen LogP contribution in [0.4, 0.5) is 5.69 Å². The van der Waals surface area contributed by atoms with E-state index in [1.807, 2.05) is 13.0 Å². The van der Waals surface area contributed by atoms with E-state index in [1.54, 1.807) is 43.3 Å². The van der Waals surface area contributed by atoms with Gasteiger partial charge >= 0.3 is 0 Å². The lowest BCUT2D eigenvalue weighted by atomic mass is 9.94. The number of methoxy groups -OCH3 is 1. The average Bonchev–Trinajstić information content (AvgIpc) is 3.15. The summed E-state index contributed by atoms with van der Waals surface area (Å²) in [4.78, 5) is 28.0. The Hall–Kier alpha value is -4.77. The molecule has 182 valence electrons. The number of nitriles is 1. The van der Waals surface area contributed by atoms with Crippen LogP contribution in [0.15, 0.2) is 66.2 Å². The number of carbonyl (C=O) groups is 2. The Bertz CT molecular complexity index is 1420. The molecule has 0 bridgehead atoms. The van der Waals surface area contributed by atoms with Crippen LogP contribution in [-0.4, -0.2) is 35.6 Å². The van der Waals surface area contributed by atoms with Crippen LogP contribution < -0.4 is 14.4 Å². The number of nitrogens with zero attached hydrogens (tertiary/aromatic N) is 2. The molecule has 0 aliphatic carbocycles. The van der Waals surface area contributed by atoms with Gasteiger partial charge in [-0.1, -0.05) is 17.7 Å². The molecule has 1 aliphatic rings. The van der Waals surface area contributed by atoms with Crippen LogP contribution in [0.5, 0.6) is 17.2 Å². The fourth-order valence-corrected chi connectivity index (χ4v) is 4.23. The largest absolute Gasteiger partial charge is 0.507 e. The van der Waals surface area contributed by atoms with Crippen LogP contribution in [0.1, 0.15) is 35.2 Å². The number of hydrogen-bond acceptors (Lipinski definition) is 7. The Labute approximate surface area is 208 Å². The van der Waals surface area contributed by atoms with E-state index in [-0.39, 0.29) is 35.0 Å². The highest BCUT2D eigenvalue weighted by atomic mass is 16.5. The number of benzene rings is 3. The highest BCUT2D eigenvalue weighted by molar-refractivity contribution is 6.51. The van der Waals surface area contributed by atoms with E-state index in [1.165, 1.54) is 36.3 Å². The molecule has 1 fully saturated rings. The van der Waals surface area contributed by atoms with Crippen molar-refractivity contribution in [2.75, 3.05) is 18.6 Å². The van der Waals surface area contributed by atoms with Crippen LogP contribution in [0, 0.1) is 18.3 Å². The number of hydrogen-bond donors (Lipinski definition) is 2. The smallest absolute Gasteiger partial charge is 0.300 e. The van der Waals surface area contributed by atoms with Crippen molar-refractivity contribution in [1.29, 1.82) is 5.26 Å². The second-order valence-electron chi connectivity index (χ2n) is 8.19. The summed E-state index contributed by atoms with van der Waals surface area (Å²) < 4.78 is 10.9. The van der Waals surface area contributed by atoms with Crippen LogP contribution in [0.3, 0.4) is 0 Å². The molecule has 3 aromatic carbocycles. The number of rotatable bonds is 6. The normalized spacial score (nSPS) is 16.6. The van der Waals surface area contributed by atoms with Gasteiger partial charge in [0.1, 0.15) is 11.5 Å². The van der Waals surface area contributed by atoms with Gasteiger partial charge in [-0.15, -0.1) is 0 Å². The number of ketones is 1. The lowest BCUT2D eigenvalue weighted by molar-refractivity contribution is -0.132. The van der Waals surface area contributed by atoms with Crippen LogP contribution in [0.2, 0.25) is 0 Å². The molecule has 0 saturated carbocycles. The second kappa shape index (κ2) is 9.84. The van der Waals surface area contributed by atoms with Gasteiger partial charge in [0.25, 0.3) is 11.7 Å². The number of ether oxygens (including phenoxy) is 2. The number of aliphatic hydroxyl groups excluding tert-OH is 1. The number of amides is 1. The Morgan fingerprint density at radius 3 is 2.42 bits per heavy atom. The van der Waals surface area contributed by atoms with E-state index in [2.05, 4.69) is 0 Å². The molecule has 1 aliphatic heterocycles. The van der Waals surface area contributed by atoms with Gasteiger partial charge in [0.15, 0.2) is 11.5 Å². The molecule has 0 radical (unpaired) electrons. The third-order valence-corrected chi connectivity index (χ3v) is 5.93. The SMILES string of the molecule is CCOc1cc(C2/C(=C(\O)c3cc(C)ccc3OC)C(=O)C(=O)N2c2ccc(C#N)cc2)ccc1O. The Morgan fingerprint density at radius 1 is 1.06 bits per heavy atom. The van der Waals surface area contributed by atoms with Crippen molar-refractivity contribution in [2.24, 2.45) is 0 Å². The number of Topliss-reactive ketones (excluding diaryl/α,β-unsaturated/α-hetero) is 1.